The molecule has 0 aliphatic heterocycles. The molecule has 2 heterocycles. The van der Waals surface area contributed by atoms with Gasteiger partial charge in [-0.25, -0.2) is 0 Å². The maximum Gasteiger partial charge on any atom is 0.289 e. The Hall–Kier alpha value is -3.54. The number of nitrogens with zero attached hydrogens (tertiary/aromatic N) is 3. The van der Waals surface area contributed by atoms with Crippen LogP contribution in [0.3, 0.4) is 0 Å². The number of amides is 1. The molecule has 0 unspecified atom stereocenters. The van der Waals surface area contributed by atoms with E-state index in [0.717, 1.165) is 28.8 Å². The van der Waals surface area contributed by atoms with E-state index in [9.17, 15) is 4.79 Å². The molecule has 0 aliphatic rings. The van der Waals surface area contributed by atoms with Crippen LogP contribution < -0.4 is 4.74 Å². The highest BCUT2D eigenvalue weighted by atomic mass is 16.5. The van der Waals surface area contributed by atoms with Crippen molar-refractivity contribution in [2.45, 2.75) is 26.6 Å². The predicted octanol–water partition coefficient (Wildman–Crippen LogP) is 4.50. The Bertz CT molecular complexity index is 1130. The zero-order chi connectivity index (χ0) is 20.2. The first-order valence-corrected chi connectivity index (χ1v) is 9.60. The van der Waals surface area contributed by atoms with Gasteiger partial charge in [-0.1, -0.05) is 30.3 Å². The molecule has 0 N–H and O–H groups in total. The topological polar surface area (TPSA) is 60.5 Å². The minimum absolute atomic E-state index is 0.175. The second-order valence-electron chi connectivity index (χ2n) is 6.86. The monoisotopic (exact) mass is 389 g/mol. The van der Waals surface area contributed by atoms with Gasteiger partial charge >= 0.3 is 0 Å². The number of benzene rings is 2. The number of hydrogen-bond donors (Lipinski definition) is 0. The van der Waals surface area contributed by atoms with Crippen molar-refractivity contribution in [3.05, 3.63) is 84.1 Å². The SMILES string of the molecule is CCn1nccc1CN(C)C(=O)c1ccc(COc2ccc3ccccc3c2)o1. The van der Waals surface area contributed by atoms with Gasteiger partial charge in [0.2, 0.25) is 0 Å². The van der Waals surface area contributed by atoms with Crippen molar-refractivity contribution >= 4 is 16.7 Å². The molecule has 0 saturated heterocycles. The summed E-state index contributed by atoms with van der Waals surface area (Å²) in [5.41, 5.74) is 0.981. The van der Waals surface area contributed by atoms with E-state index in [1.165, 1.54) is 0 Å². The van der Waals surface area contributed by atoms with Gasteiger partial charge < -0.3 is 14.1 Å². The lowest BCUT2D eigenvalue weighted by Crippen LogP contribution is -2.27. The molecule has 29 heavy (non-hydrogen) atoms. The van der Waals surface area contributed by atoms with E-state index in [1.807, 2.05) is 54.1 Å². The number of carbonyl (C=O) groups is 1. The Morgan fingerprint density at radius 1 is 1.10 bits per heavy atom. The largest absolute Gasteiger partial charge is 0.486 e. The van der Waals surface area contributed by atoms with Crippen LogP contribution >= 0.6 is 0 Å². The van der Waals surface area contributed by atoms with Crippen LogP contribution in [-0.2, 0) is 19.7 Å². The van der Waals surface area contributed by atoms with Crippen LogP contribution in [0.15, 0.2) is 71.3 Å². The number of ether oxygens (including phenoxy) is 1. The predicted molar refractivity (Wildman–Crippen MR) is 111 cm³/mol. The van der Waals surface area contributed by atoms with E-state index in [1.54, 1.807) is 30.3 Å². The first-order valence-electron chi connectivity index (χ1n) is 9.60. The van der Waals surface area contributed by atoms with Crippen LogP contribution in [0, 0.1) is 0 Å². The summed E-state index contributed by atoms with van der Waals surface area (Å²) in [6.07, 6.45) is 1.74. The number of rotatable bonds is 7. The second kappa shape index (κ2) is 8.22. The van der Waals surface area contributed by atoms with Crippen LogP contribution in [0.2, 0.25) is 0 Å². The summed E-state index contributed by atoms with van der Waals surface area (Å²) >= 11 is 0. The standard InChI is InChI=1S/C23H23N3O3/c1-3-26-19(12-13-24-26)15-25(2)23(27)22-11-10-21(29-22)16-28-20-9-8-17-6-4-5-7-18(17)14-20/h4-14H,3,15-16H2,1-2H3. The lowest BCUT2D eigenvalue weighted by molar-refractivity contribution is 0.0745. The molecule has 1 amide bonds. The fraction of sp³-hybridized carbons (Fsp3) is 0.217. The number of fused-ring (bicyclic) bond motifs is 1. The van der Waals surface area contributed by atoms with Gasteiger partial charge in [-0.3, -0.25) is 9.48 Å². The van der Waals surface area contributed by atoms with E-state index < -0.39 is 0 Å². The van der Waals surface area contributed by atoms with Crippen molar-refractivity contribution in [3.8, 4) is 5.75 Å². The molecular weight excluding hydrogens is 366 g/mol. The van der Waals surface area contributed by atoms with Crippen molar-refractivity contribution in [2.75, 3.05) is 7.05 Å². The molecule has 148 valence electrons. The molecule has 0 aliphatic carbocycles. The van der Waals surface area contributed by atoms with Gasteiger partial charge in [0, 0.05) is 19.8 Å². The molecule has 0 bridgehead atoms. The van der Waals surface area contributed by atoms with Gasteiger partial charge in [-0.15, -0.1) is 0 Å². The molecule has 0 saturated carbocycles. The second-order valence-corrected chi connectivity index (χ2v) is 6.86. The van der Waals surface area contributed by atoms with E-state index in [0.29, 0.717) is 18.1 Å². The average molecular weight is 389 g/mol. The summed E-state index contributed by atoms with van der Waals surface area (Å²) in [7, 11) is 1.75. The zero-order valence-corrected chi connectivity index (χ0v) is 16.5. The van der Waals surface area contributed by atoms with Crippen LogP contribution in [0.5, 0.6) is 5.75 Å². The third-order valence-corrected chi connectivity index (χ3v) is 4.82. The Morgan fingerprint density at radius 3 is 2.76 bits per heavy atom. The molecule has 6 heteroatoms. The lowest BCUT2D eigenvalue weighted by atomic mass is 10.1. The Labute approximate surface area is 169 Å². The third-order valence-electron chi connectivity index (χ3n) is 4.82. The van der Waals surface area contributed by atoms with E-state index in [2.05, 4.69) is 11.2 Å². The van der Waals surface area contributed by atoms with Crippen molar-refractivity contribution < 1.29 is 13.9 Å². The summed E-state index contributed by atoms with van der Waals surface area (Å²) in [5.74, 6) is 1.49. The quantitative estimate of drug-likeness (QED) is 0.467. The van der Waals surface area contributed by atoms with E-state index in [4.69, 9.17) is 9.15 Å². The van der Waals surface area contributed by atoms with Gasteiger partial charge in [0.05, 0.1) is 12.2 Å². The normalized spacial score (nSPS) is 11.0. The first kappa shape index (κ1) is 18.8. The van der Waals surface area contributed by atoms with Gasteiger partial charge in [0.25, 0.3) is 5.91 Å². The minimum Gasteiger partial charge on any atom is -0.486 e. The summed E-state index contributed by atoms with van der Waals surface area (Å²) in [6, 6.07) is 19.5. The highest BCUT2D eigenvalue weighted by Gasteiger charge is 2.18. The van der Waals surface area contributed by atoms with Gasteiger partial charge in [-0.05, 0) is 48.0 Å². The van der Waals surface area contributed by atoms with Crippen molar-refractivity contribution in [1.82, 2.24) is 14.7 Å². The number of aromatic nitrogens is 2. The third kappa shape index (κ3) is 4.16. The summed E-state index contributed by atoms with van der Waals surface area (Å²) in [5, 5.41) is 6.52. The number of hydrogen-bond acceptors (Lipinski definition) is 4. The molecule has 0 spiro atoms. The van der Waals surface area contributed by atoms with Gasteiger partial charge in [0.15, 0.2) is 5.76 Å². The molecule has 6 nitrogen and oxygen atoms in total. The smallest absolute Gasteiger partial charge is 0.289 e. The highest BCUT2D eigenvalue weighted by molar-refractivity contribution is 5.91. The summed E-state index contributed by atoms with van der Waals surface area (Å²) < 4.78 is 13.4. The molecule has 2 aromatic heterocycles. The van der Waals surface area contributed by atoms with Crippen molar-refractivity contribution in [2.24, 2.45) is 0 Å². The van der Waals surface area contributed by atoms with Crippen LogP contribution in [0.1, 0.15) is 28.9 Å². The fourth-order valence-corrected chi connectivity index (χ4v) is 3.26. The summed E-state index contributed by atoms with van der Waals surface area (Å²) in [4.78, 5) is 14.3. The zero-order valence-electron chi connectivity index (χ0n) is 16.5. The Balaban J connectivity index is 1.38. The number of aryl methyl sites for hydroxylation is 1. The average Bonchev–Trinajstić information content (AvgIpc) is 3.40. The molecule has 0 atom stereocenters. The number of furan rings is 1. The minimum atomic E-state index is -0.175. The van der Waals surface area contributed by atoms with Crippen molar-refractivity contribution in [3.63, 3.8) is 0 Å². The number of carbonyl (C=O) groups excluding carboxylic acids is 1. The molecular formula is C23H23N3O3. The molecule has 2 aromatic carbocycles. The fourth-order valence-electron chi connectivity index (χ4n) is 3.26. The maximum atomic E-state index is 12.7. The Morgan fingerprint density at radius 2 is 1.93 bits per heavy atom. The van der Waals surface area contributed by atoms with E-state index in [-0.39, 0.29) is 12.5 Å². The van der Waals surface area contributed by atoms with Crippen LogP contribution in [0.25, 0.3) is 10.8 Å². The molecule has 4 aromatic rings. The van der Waals surface area contributed by atoms with Crippen molar-refractivity contribution in [1.29, 1.82) is 0 Å². The van der Waals surface area contributed by atoms with E-state index >= 15 is 0 Å². The van der Waals surface area contributed by atoms with Gasteiger partial charge in [-0.2, -0.15) is 5.10 Å². The van der Waals surface area contributed by atoms with Crippen LogP contribution in [0.4, 0.5) is 0 Å². The highest BCUT2D eigenvalue weighted by Crippen LogP contribution is 2.22. The summed E-state index contributed by atoms with van der Waals surface area (Å²) in [6.45, 7) is 3.52. The van der Waals surface area contributed by atoms with Crippen LogP contribution in [-0.4, -0.2) is 27.6 Å². The van der Waals surface area contributed by atoms with Gasteiger partial charge in [0.1, 0.15) is 18.1 Å². The lowest BCUT2D eigenvalue weighted by Gasteiger charge is -2.16. The molecule has 4 rings (SSSR count). The first-order chi connectivity index (χ1) is 14.1. The molecule has 0 radical (unpaired) electrons. The molecule has 0 fully saturated rings. The maximum absolute atomic E-state index is 12.7. The Kier molecular flexibility index (Phi) is 5.33.